The van der Waals surface area contributed by atoms with Gasteiger partial charge in [-0.2, -0.15) is 0 Å². The predicted octanol–water partition coefficient (Wildman–Crippen LogP) is 2.28. The van der Waals surface area contributed by atoms with Crippen LogP contribution in [0.4, 0.5) is 4.79 Å². The maximum absolute atomic E-state index is 12.1. The van der Waals surface area contributed by atoms with Crippen LogP contribution in [0.5, 0.6) is 0 Å². The minimum atomic E-state index is -0.179. The van der Waals surface area contributed by atoms with E-state index in [1.165, 1.54) is 11.1 Å². The van der Waals surface area contributed by atoms with E-state index in [0.29, 0.717) is 25.0 Å². The van der Waals surface area contributed by atoms with Crippen molar-refractivity contribution in [2.75, 3.05) is 19.6 Å². The fraction of sp³-hybridized carbons (Fsp3) is 0.650. The van der Waals surface area contributed by atoms with Crippen LogP contribution in [0, 0.1) is 5.92 Å². The van der Waals surface area contributed by atoms with Crippen LogP contribution in [0.1, 0.15) is 43.7 Å². The van der Waals surface area contributed by atoms with E-state index in [-0.39, 0.29) is 12.1 Å². The van der Waals surface area contributed by atoms with E-state index in [1.807, 2.05) is 0 Å². The number of benzene rings is 1. The normalized spacial score (nSPS) is 24.6. The van der Waals surface area contributed by atoms with Gasteiger partial charge in [0.1, 0.15) is 0 Å². The summed E-state index contributed by atoms with van der Waals surface area (Å²) in [6.07, 6.45) is 4.61. The number of hydrogen-bond acceptors (Lipinski definition) is 3. The monoisotopic (exact) mass is 345 g/mol. The Balaban J connectivity index is 1.42. The lowest BCUT2D eigenvalue weighted by molar-refractivity contribution is 0.168. The number of fused-ring (bicyclic) bond motifs is 1. The molecule has 1 aromatic carbocycles. The quantitative estimate of drug-likeness (QED) is 0.741. The van der Waals surface area contributed by atoms with Crippen molar-refractivity contribution in [3.05, 3.63) is 35.4 Å². The number of amides is 2. The van der Waals surface area contributed by atoms with Crippen molar-refractivity contribution in [1.29, 1.82) is 0 Å². The van der Waals surface area contributed by atoms with Crippen molar-refractivity contribution in [1.82, 2.24) is 15.5 Å². The summed E-state index contributed by atoms with van der Waals surface area (Å²) in [4.78, 5) is 14.6. The highest BCUT2D eigenvalue weighted by atomic mass is 16.3. The van der Waals surface area contributed by atoms with E-state index in [0.717, 1.165) is 45.2 Å². The maximum atomic E-state index is 12.1. The third-order valence-corrected chi connectivity index (χ3v) is 5.71. The minimum Gasteiger partial charge on any atom is -0.393 e. The first kappa shape index (κ1) is 18.2. The molecule has 3 N–H and O–H groups in total. The summed E-state index contributed by atoms with van der Waals surface area (Å²) >= 11 is 0. The summed E-state index contributed by atoms with van der Waals surface area (Å²) in [5.41, 5.74) is 2.87. The van der Waals surface area contributed by atoms with E-state index < -0.39 is 0 Å². The van der Waals surface area contributed by atoms with E-state index in [1.54, 1.807) is 0 Å². The number of urea groups is 1. The summed E-state index contributed by atoms with van der Waals surface area (Å²) in [6.45, 7) is 5.55. The zero-order valence-corrected chi connectivity index (χ0v) is 15.2. The zero-order valence-electron chi connectivity index (χ0n) is 15.2. The van der Waals surface area contributed by atoms with Gasteiger partial charge in [0.2, 0.25) is 0 Å². The van der Waals surface area contributed by atoms with Gasteiger partial charge in [-0.15, -0.1) is 0 Å². The molecule has 0 radical (unpaired) electrons. The highest BCUT2D eigenvalue weighted by Crippen LogP contribution is 2.24. The average molecular weight is 345 g/mol. The molecule has 5 nitrogen and oxygen atoms in total. The van der Waals surface area contributed by atoms with Gasteiger partial charge in [-0.05, 0) is 49.1 Å². The third-order valence-electron chi connectivity index (χ3n) is 5.71. The van der Waals surface area contributed by atoms with Crippen LogP contribution in [0.15, 0.2) is 24.3 Å². The van der Waals surface area contributed by atoms with Gasteiger partial charge in [0.05, 0.1) is 6.10 Å². The molecule has 1 saturated carbocycles. The molecule has 0 bridgehead atoms. The average Bonchev–Trinajstić information content (AvgIpc) is 3.05. The Morgan fingerprint density at radius 3 is 2.80 bits per heavy atom. The summed E-state index contributed by atoms with van der Waals surface area (Å²) in [5, 5.41) is 15.6. The van der Waals surface area contributed by atoms with Crippen LogP contribution >= 0.6 is 0 Å². The Kier molecular flexibility index (Phi) is 6.32. The van der Waals surface area contributed by atoms with Gasteiger partial charge in [0, 0.05) is 32.2 Å². The second kappa shape index (κ2) is 8.68. The van der Waals surface area contributed by atoms with Crippen LogP contribution in [-0.2, 0) is 13.0 Å². The summed E-state index contributed by atoms with van der Waals surface area (Å²) in [6, 6.07) is 8.93. The fourth-order valence-corrected chi connectivity index (χ4v) is 4.10. The van der Waals surface area contributed by atoms with Gasteiger partial charge in [0.25, 0.3) is 0 Å². The Morgan fingerprint density at radius 2 is 2.08 bits per heavy atom. The lowest BCUT2D eigenvalue weighted by Gasteiger charge is -2.35. The van der Waals surface area contributed by atoms with Gasteiger partial charge in [-0.25, -0.2) is 4.79 Å². The Hall–Kier alpha value is -1.59. The maximum Gasteiger partial charge on any atom is 0.314 e. The highest BCUT2D eigenvalue weighted by molar-refractivity contribution is 5.73. The first-order valence-electron chi connectivity index (χ1n) is 9.66. The minimum absolute atomic E-state index is 0.0859. The van der Waals surface area contributed by atoms with Crippen LogP contribution in [0.25, 0.3) is 0 Å². The molecule has 3 atom stereocenters. The molecule has 1 aliphatic carbocycles. The third kappa shape index (κ3) is 4.95. The largest absolute Gasteiger partial charge is 0.393 e. The Morgan fingerprint density at radius 1 is 1.28 bits per heavy atom. The first-order chi connectivity index (χ1) is 12.2. The number of aliphatic hydroxyl groups excluding tert-OH is 1. The molecule has 2 amide bonds. The van der Waals surface area contributed by atoms with Gasteiger partial charge in [0.15, 0.2) is 0 Å². The molecule has 2 aliphatic rings. The molecule has 3 rings (SSSR count). The molecule has 1 aromatic rings. The van der Waals surface area contributed by atoms with Gasteiger partial charge < -0.3 is 15.7 Å². The molecule has 138 valence electrons. The van der Waals surface area contributed by atoms with Crippen molar-refractivity contribution < 1.29 is 9.90 Å². The van der Waals surface area contributed by atoms with Crippen molar-refractivity contribution >= 4 is 6.03 Å². The molecule has 5 heteroatoms. The zero-order chi connectivity index (χ0) is 17.6. The lowest BCUT2D eigenvalue weighted by Crippen LogP contribution is -2.48. The molecular weight excluding hydrogens is 314 g/mol. The van der Waals surface area contributed by atoms with Crippen molar-refractivity contribution in [2.24, 2.45) is 5.92 Å². The smallest absolute Gasteiger partial charge is 0.314 e. The second-order valence-electron chi connectivity index (χ2n) is 7.48. The Bertz CT molecular complexity index is 578. The van der Waals surface area contributed by atoms with Crippen LogP contribution in [0.3, 0.4) is 0 Å². The van der Waals surface area contributed by atoms with E-state index in [4.69, 9.17) is 0 Å². The van der Waals surface area contributed by atoms with E-state index in [9.17, 15) is 9.90 Å². The number of carbonyl (C=O) groups is 1. The molecule has 25 heavy (non-hydrogen) atoms. The number of carbonyl (C=O) groups excluding carboxylic acids is 1. The SMILES string of the molecule is CC[C@H](CNC(=O)NC[C@H]1CC[C@H](O)C1)N1CCc2ccccc2C1. The van der Waals surface area contributed by atoms with Crippen molar-refractivity contribution in [2.45, 2.75) is 57.7 Å². The summed E-state index contributed by atoms with van der Waals surface area (Å²) in [5.74, 6) is 0.418. The number of rotatable bonds is 6. The van der Waals surface area contributed by atoms with E-state index >= 15 is 0 Å². The topological polar surface area (TPSA) is 64.6 Å². The first-order valence-corrected chi connectivity index (χ1v) is 9.66. The number of hydrogen-bond donors (Lipinski definition) is 3. The molecule has 1 fully saturated rings. The molecule has 0 aromatic heterocycles. The molecule has 0 spiro atoms. The van der Waals surface area contributed by atoms with Crippen LogP contribution in [-0.4, -0.2) is 47.8 Å². The lowest BCUT2D eigenvalue weighted by atomic mass is 9.98. The van der Waals surface area contributed by atoms with E-state index in [2.05, 4.69) is 46.7 Å². The van der Waals surface area contributed by atoms with Crippen molar-refractivity contribution in [3.63, 3.8) is 0 Å². The van der Waals surface area contributed by atoms with Crippen LogP contribution in [0.2, 0.25) is 0 Å². The Labute approximate surface area is 150 Å². The molecule has 0 saturated heterocycles. The molecule has 0 unspecified atom stereocenters. The number of aliphatic hydroxyl groups is 1. The molecule has 1 aliphatic heterocycles. The van der Waals surface area contributed by atoms with Gasteiger partial charge in [-0.1, -0.05) is 31.2 Å². The van der Waals surface area contributed by atoms with Gasteiger partial charge in [-0.3, -0.25) is 4.90 Å². The highest BCUT2D eigenvalue weighted by Gasteiger charge is 2.24. The number of nitrogens with zero attached hydrogens (tertiary/aromatic N) is 1. The fourth-order valence-electron chi connectivity index (χ4n) is 4.10. The summed E-state index contributed by atoms with van der Waals surface area (Å²) in [7, 11) is 0. The van der Waals surface area contributed by atoms with Gasteiger partial charge >= 0.3 is 6.03 Å². The predicted molar refractivity (Wildman–Crippen MR) is 99.4 cm³/mol. The van der Waals surface area contributed by atoms with Crippen LogP contribution < -0.4 is 10.6 Å². The second-order valence-corrected chi connectivity index (χ2v) is 7.48. The standard InChI is InChI=1S/C20H31N3O2/c1-2-18(23-10-9-16-5-3-4-6-17(16)14-23)13-22-20(25)21-12-15-7-8-19(24)11-15/h3-6,15,18-19,24H,2,7-14H2,1H3,(H2,21,22,25)/t15-,18+,19-/m0/s1. The summed E-state index contributed by atoms with van der Waals surface area (Å²) < 4.78 is 0. The molecule has 1 heterocycles. The van der Waals surface area contributed by atoms with Crippen molar-refractivity contribution in [3.8, 4) is 0 Å². The number of nitrogens with one attached hydrogen (secondary N) is 2. The molecular formula is C20H31N3O2.